The predicted molar refractivity (Wildman–Crippen MR) is 100 cm³/mol. The molecule has 0 radical (unpaired) electrons. The first-order chi connectivity index (χ1) is 14.0. The smallest absolute Gasteiger partial charge is 0.343 e. The average molecular weight is 437 g/mol. The molecule has 156 valence electrons. The van der Waals surface area contributed by atoms with E-state index in [4.69, 9.17) is 0 Å². The maximum Gasteiger partial charge on any atom is 0.416 e. The summed E-state index contributed by atoms with van der Waals surface area (Å²) in [5.74, 6) is 0. The van der Waals surface area contributed by atoms with E-state index in [1.54, 1.807) is 0 Å². The SMILES string of the molecule is CS(=O)(=O)Nc1c[nH]c2c(C#N)c(C3(c4ccc(C(F)(F)F)cc4)CC3)nn2c1=O. The van der Waals surface area contributed by atoms with E-state index in [0.29, 0.717) is 18.4 Å². The van der Waals surface area contributed by atoms with Crippen LogP contribution in [-0.2, 0) is 21.6 Å². The van der Waals surface area contributed by atoms with Crippen LogP contribution in [-0.4, -0.2) is 29.3 Å². The van der Waals surface area contributed by atoms with Crippen molar-refractivity contribution in [2.45, 2.75) is 24.4 Å². The Kier molecular flexibility index (Phi) is 4.21. The number of nitriles is 1. The van der Waals surface area contributed by atoms with Crippen molar-refractivity contribution in [1.29, 1.82) is 5.26 Å². The summed E-state index contributed by atoms with van der Waals surface area (Å²) in [6, 6.07) is 6.62. The maximum atomic E-state index is 12.9. The highest BCUT2D eigenvalue weighted by Gasteiger charge is 2.50. The summed E-state index contributed by atoms with van der Waals surface area (Å²) in [5, 5.41) is 13.9. The van der Waals surface area contributed by atoms with Crippen molar-refractivity contribution in [2.75, 3.05) is 11.0 Å². The Morgan fingerprint density at radius 2 is 1.90 bits per heavy atom. The summed E-state index contributed by atoms with van der Waals surface area (Å²) in [6.07, 6.45) is -1.37. The molecule has 1 aromatic carbocycles. The van der Waals surface area contributed by atoms with Crippen molar-refractivity contribution in [2.24, 2.45) is 0 Å². The van der Waals surface area contributed by atoms with Gasteiger partial charge in [0.05, 0.1) is 17.5 Å². The van der Waals surface area contributed by atoms with Gasteiger partial charge in [0, 0.05) is 11.6 Å². The van der Waals surface area contributed by atoms with E-state index >= 15 is 0 Å². The van der Waals surface area contributed by atoms with E-state index in [-0.39, 0.29) is 22.6 Å². The highest BCUT2D eigenvalue weighted by molar-refractivity contribution is 7.92. The van der Waals surface area contributed by atoms with E-state index in [2.05, 4.69) is 14.8 Å². The summed E-state index contributed by atoms with van der Waals surface area (Å²) in [7, 11) is -3.72. The molecule has 0 unspecified atom stereocenters. The molecule has 1 saturated carbocycles. The number of hydrogen-bond acceptors (Lipinski definition) is 5. The molecule has 2 aromatic heterocycles. The van der Waals surface area contributed by atoms with Crippen LogP contribution in [0.25, 0.3) is 5.65 Å². The molecule has 0 saturated heterocycles. The van der Waals surface area contributed by atoms with Crippen LogP contribution in [0.5, 0.6) is 0 Å². The molecule has 12 heteroatoms. The van der Waals surface area contributed by atoms with Gasteiger partial charge in [0.1, 0.15) is 17.3 Å². The van der Waals surface area contributed by atoms with Gasteiger partial charge < -0.3 is 4.98 Å². The van der Waals surface area contributed by atoms with Crippen molar-refractivity contribution >= 4 is 21.4 Å². The summed E-state index contributed by atoms with van der Waals surface area (Å²) in [6.45, 7) is 0. The molecule has 0 spiro atoms. The van der Waals surface area contributed by atoms with Crippen molar-refractivity contribution in [3.63, 3.8) is 0 Å². The number of hydrogen-bond donors (Lipinski definition) is 2. The predicted octanol–water partition coefficient (Wildman–Crippen LogP) is 2.36. The molecule has 1 aliphatic carbocycles. The van der Waals surface area contributed by atoms with Crippen LogP contribution in [0.15, 0.2) is 35.3 Å². The van der Waals surface area contributed by atoms with E-state index in [1.165, 1.54) is 12.1 Å². The maximum absolute atomic E-state index is 12.9. The molecule has 30 heavy (non-hydrogen) atoms. The fourth-order valence-corrected chi connectivity index (χ4v) is 4.04. The zero-order chi connectivity index (χ0) is 21.9. The number of sulfonamides is 1. The number of anilines is 1. The molecule has 0 bridgehead atoms. The van der Waals surface area contributed by atoms with Gasteiger partial charge in [0.15, 0.2) is 5.65 Å². The number of alkyl halides is 3. The Hall–Kier alpha value is -3.33. The lowest BCUT2D eigenvalue weighted by Gasteiger charge is -2.15. The van der Waals surface area contributed by atoms with Gasteiger partial charge in [-0.15, -0.1) is 0 Å². The average Bonchev–Trinajstić information content (AvgIpc) is 3.37. The third kappa shape index (κ3) is 3.21. The first-order valence-electron chi connectivity index (χ1n) is 8.67. The number of rotatable bonds is 4. The molecule has 3 aromatic rings. The Morgan fingerprint density at radius 1 is 1.27 bits per heavy atom. The van der Waals surface area contributed by atoms with Crippen molar-refractivity contribution < 1.29 is 21.6 Å². The topological polar surface area (TPSA) is 120 Å². The van der Waals surface area contributed by atoms with Crippen molar-refractivity contribution in [1.82, 2.24) is 14.6 Å². The standard InChI is InChI=1S/C18H14F3N5O3S/c1-30(28,29)25-13-9-23-15-12(8-22)14(24-26(15)16(13)27)17(6-7-17)10-2-4-11(5-3-10)18(19,20)21/h2-5,9,23,25H,6-7H2,1H3. The Morgan fingerprint density at radius 3 is 2.40 bits per heavy atom. The molecule has 2 heterocycles. The third-order valence-electron chi connectivity index (χ3n) is 5.04. The van der Waals surface area contributed by atoms with Gasteiger partial charge in [-0.05, 0) is 30.5 Å². The number of H-pyrrole nitrogens is 1. The second-order valence-corrected chi connectivity index (χ2v) is 8.88. The Bertz CT molecular complexity index is 1360. The molecule has 0 amide bonds. The highest BCUT2D eigenvalue weighted by atomic mass is 32.2. The summed E-state index contributed by atoms with van der Waals surface area (Å²) in [5.41, 5.74) is -1.66. The number of nitrogens with one attached hydrogen (secondary N) is 2. The van der Waals surface area contributed by atoms with E-state index in [1.807, 2.05) is 6.07 Å². The molecule has 2 N–H and O–H groups in total. The lowest BCUT2D eigenvalue weighted by Crippen LogP contribution is -2.23. The second kappa shape index (κ2) is 6.33. The largest absolute Gasteiger partial charge is 0.416 e. The summed E-state index contributed by atoms with van der Waals surface area (Å²) < 4.78 is 64.5. The fraction of sp³-hybridized carbons (Fsp3) is 0.278. The van der Waals surface area contributed by atoms with Gasteiger partial charge in [0.2, 0.25) is 10.0 Å². The highest BCUT2D eigenvalue weighted by Crippen LogP contribution is 2.54. The van der Waals surface area contributed by atoms with E-state index in [0.717, 1.165) is 29.1 Å². The summed E-state index contributed by atoms with van der Waals surface area (Å²) >= 11 is 0. The van der Waals surface area contributed by atoms with Gasteiger partial charge in [0.25, 0.3) is 5.56 Å². The first kappa shape index (κ1) is 20.0. The van der Waals surface area contributed by atoms with Crippen molar-refractivity contribution in [3.05, 3.63) is 63.2 Å². The van der Waals surface area contributed by atoms with Gasteiger partial charge in [-0.25, -0.2) is 8.42 Å². The molecule has 8 nitrogen and oxygen atoms in total. The minimum Gasteiger partial charge on any atom is -0.343 e. The Labute approximate surface area is 168 Å². The number of halogens is 3. The van der Waals surface area contributed by atoms with Crippen LogP contribution in [0, 0.1) is 11.3 Å². The normalized spacial score (nSPS) is 15.7. The van der Waals surface area contributed by atoms with Gasteiger partial charge in [-0.2, -0.15) is 28.0 Å². The van der Waals surface area contributed by atoms with Crippen LogP contribution < -0.4 is 10.3 Å². The van der Waals surface area contributed by atoms with E-state index < -0.39 is 32.7 Å². The molecular formula is C18H14F3N5O3S. The number of aromatic amines is 1. The van der Waals surface area contributed by atoms with Crippen LogP contribution >= 0.6 is 0 Å². The second-order valence-electron chi connectivity index (χ2n) is 7.13. The molecular weight excluding hydrogens is 423 g/mol. The number of fused-ring (bicyclic) bond motifs is 1. The lowest BCUT2D eigenvalue weighted by molar-refractivity contribution is -0.137. The van der Waals surface area contributed by atoms with Crippen LogP contribution in [0.1, 0.15) is 35.2 Å². The zero-order valence-corrected chi connectivity index (χ0v) is 16.2. The molecule has 1 fully saturated rings. The van der Waals surface area contributed by atoms with Crippen molar-refractivity contribution in [3.8, 4) is 6.07 Å². The number of aromatic nitrogens is 3. The molecule has 0 atom stereocenters. The molecule has 1 aliphatic rings. The monoisotopic (exact) mass is 437 g/mol. The minimum atomic E-state index is -4.47. The zero-order valence-electron chi connectivity index (χ0n) is 15.4. The minimum absolute atomic E-state index is 0.0785. The van der Waals surface area contributed by atoms with Gasteiger partial charge in [-0.1, -0.05) is 12.1 Å². The number of benzene rings is 1. The summed E-state index contributed by atoms with van der Waals surface area (Å²) in [4.78, 5) is 15.4. The van der Waals surface area contributed by atoms with Crippen LogP contribution in [0.2, 0.25) is 0 Å². The first-order valence-corrected chi connectivity index (χ1v) is 10.6. The van der Waals surface area contributed by atoms with Crippen LogP contribution in [0.3, 0.4) is 0 Å². The molecule has 4 rings (SSSR count). The van der Waals surface area contributed by atoms with E-state index in [9.17, 15) is 31.6 Å². The lowest BCUT2D eigenvalue weighted by atomic mass is 9.89. The fourth-order valence-electron chi connectivity index (χ4n) is 3.49. The third-order valence-corrected chi connectivity index (χ3v) is 5.63. The molecule has 0 aliphatic heterocycles. The van der Waals surface area contributed by atoms with Gasteiger partial charge in [-0.3, -0.25) is 9.52 Å². The van der Waals surface area contributed by atoms with Crippen LogP contribution in [0.4, 0.5) is 18.9 Å². The number of nitrogens with zero attached hydrogens (tertiary/aromatic N) is 3. The Balaban J connectivity index is 1.86. The quantitative estimate of drug-likeness (QED) is 0.649. The van der Waals surface area contributed by atoms with Gasteiger partial charge >= 0.3 is 6.18 Å².